The lowest BCUT2D eigenvalue weighted by atomic mass is 9.96. The summed E-state index contributed by atoms with van der Waals surface area (Å²) in [5.41, 5.74) is 1.96. The number of carbonyl (C=O) groups excluding carboxylic acids is 2. The minimum absolute atomic E-state index is 0.110. The second kappa shape index (κ2) is 9.17. The first kappa shape index (κ1) is 21.0. The first-order valence-electron chi connectivity index (χ1n) is 9.80. The van der Waals surface area contributed by atoms with E-state index in [2.05, 4.69) is 5.32 Å². The quantitative estimate of drug-likeness (QED) is 0.418. The van der Waals surface area contributed by atoms with Crippen molar-refractivity contribution < 1.29 is 19.2 Å². The molecule has 1 aliphatic rings. The number of aryl methyl sites for hydroxylation is 2. The second-order valence-corrected chi connectivity index (χ2v) is 8.16. The molecule has 0 radical (unpaired) electrons. The Morgan fingerprint density at radius 2 is 1.93 bits per heavy atom. The van der Waals surface area contributed by atoms with E-state index in [-0.39, 0.29) is 17.9 Å². The number of anilines is 1. The van der Waals surface area contributed by atoms with Crippen LogP contribution in [0.5, 0.6) is 0 Å². The highest BCUT2D eigenvalue weighted by atomic mass is 32.1. The molecule has 0 saturated carbocycles. The molecule has 1 aromatic heterocycles. The zero-order valence-corrected chi connectivity index (χ0v) is 17.4. The smallest absolute Gasteiger partial charge is 0.341 e. The van der Waals surface area contributed by atoms with E-state index in [1.807, 2.05) is 0 Å². The first-order valence-corrected chi connectivity index (χ1v) is 10.6. The monoisotopic (exact) mass is 416 g/mol. The number of carbonyl (C=O) groups is 2. The predicted molar refractivity (Wildman–Crippen MR) is 112 cm³/mol. The van der Waals surface area contributed by atoms with E-state index in [0.29, 0.717) is 16.1 Å². The van der Waals surface area contributed by atoms with Gasteiger partial charge in [0.25, 0.3) is 11.6 Å². The molecule has 1 aliphatic carbocycles. The predicted octanol–water partition coefficient (Wildman–Crippen LogP) is 5.05. The molecule has 1 aromatic carbocycles. The summed E-state index contributed by atoms with van der Waals surface area (Å²) >= 11 is 1.41. The Balaban J connectivity index is 1.96. The molecule has 29 heavy (non-hydrogen) atoms. The van der Waals surface area contributed by atoms with Gasteiger partial charge in [0.2, 0.25) is 0 Å². The fraction of sp³-hybridized carbons (Fsp3) is 0.429. The van der Waals surface area contributed by atoms with E-state index >= 15 is 0 Å². The van der Waals surface area contributed by atoms with Crippen LogP contribution in [0.1, 0.15) is 69.3 Å². The van der Waals surface area contributed by atoms with E-state index < -0.39 is 16.8 Å². The van der Waals surface area contributed by atoms with Crippen LogP contribution in [0.15, 0.2) is 18.2 Å². The summed E-state index contributed by atoms with van der Waals surface area (Å²) < 4.78 is 5.25. The van der Waals surface area contributed by atoms with Gasteiger partial charge in [-0.25, -0.2) is 4.79 Å². The fourth-order valence-corrected chi connectivity index (χ4v) is 4.82. The lowest BCUT2D eigenvalue weighted by Gasteiger charge is -2.11. The molecule has 7 nitrogen and oxygen atoms in total. The van der Waals surface area contributed by atoms with Gasteiger partial charge in [-0.3, -0.25) is 14.9 Å². The molecular formula is C21H24N2O5S. The van der Waals surface area contributed by atoms with E-state index in [1.54, 1.807) is 26.0 Å². The Kier molecular flexibility index (Phi) is 6.64. The molecule has 0 unspecified atom stereocenters. The van der Waals surface area contributed by atoms with Gasteiger partial charge in [0.15, 0.2) is 0 Å². The van der Waals surface area contributed by atoms with Gasteiger partial charge in [-0.2, -0.15) is 0 Å². The molecule has 0 bridgehead atoms. The topological polar surface area (TPSA) is 98.5 Å². The molecule has 2 aromatic rings. The van der Waals surface area contributed by atoms with Crippen LogP contribution in [-0.2, 0) is 17.6 Å². The number of fused-ring (bicyclic) bond motifs is 1. The van der Waals surface area contributed by atoms with Gasteiger partial charge in [-0.05, 0) is 51.2 Å². The lowest BCUT2D eigenvalue weighted by Crippen LogP contribution is -2.15. The number of thiophene rings is 1. The summed E-state index contributed by atoms with van der Waals surface area (Å²) in [6.45, 7) is 3.62. The molecular weight excluding hydrogens is 392 g/mol. The zero-order chi connectivity index (χ0) is 21.0. The van der Waals surface area contributed by atoms with Gasteiger partial charge in [-0.1, -0.05) is 18.9 Å². The van der Waals surface area contributed by atoms with Crippen molar-refractivity contribution in [3.05, 3.63) is 55.4 Å². The Morgan fingerprint density at radius 1 is 1.21 bits per heavy atom. The Hall–Kier alpha value is -2.74. The number of amides is 1. The molecule has 1 heterocycles. The number of hydrogen-bond acceptors (Lipinski definition) is 6. The Labute approximate surface area is 173 Å². The van der Waals surface area contributed by atoms with Crippen molar-refractivity contribution >= 4 is 33.9 Å². The summed E-state index contributed by atoms with van der Waals surface area (Å²) in [5, 5.41) is 14.5. The van der Waals surface area contributed by atoms with Crippen LogP contribution in [0.3, 0.4) is 0 Å². The van der Waals surface area contributed by atoms with Crippen molar-refractivity contribution in [1.82, 2.24) is 0 Å². The number of nitro groups is 1. The third-order valence-corrected chi connectivity index (χ3v) is 6.25. The molecule has 3 rings (SSSR count). The maximum absolute atomic E-state index is 12.8. The summed E-state index contributed by atoms with van der Waals surface area (Å²) in [7, 11) is 0. The minimum atomic E-state index is -0.507. The van der Waals surface area contributed by atoms with Crippen molar-refractivity contribution in [2.24, 2.45) is 0 Å². The van der Waals surface area contributed by atoms with Gasteiger partial charge < -0.3 is 10.1 Å². The van der Waals surface area contributed by atoms with E-state index in [0.717, 1.165) is 49.0 Å². The Morgan fingerprint density at radius 3 is 2.62 bits per heavy atom. The van der Waals surface area contributed by atoms with Crippen LogP contribution >= 0.6 is 11.3 Å². The zero-order valence-electron chi connectivity index (χ0n) is 16.6. The van der Waals surface area contributed by atoms with Crippen LogP contribution in [0.4, 0.5) is 10.7 Å². The summed E-state index contributed by atoms with van der Waals surface area (Å²) in [6, 6.07) is 4.36. The van der Waals surface area contributed by atoms with E-state index in [4.69, 9.17) is 4.74 Å². The van der Waals surface area contributed by atoms with Crippen molar-refractivity contribution in [2.75, 3.05) is 11.9 Å². The SMILES string of the molecule is CCOC(=O)c1c(NC(=O)c2ccc(C)c([N+](=O)[O-])c2)sc2c1CCCCCC2. The molecule has 0 spiro atoms. The molecule has 1 N–H and O–H groups in total. The number of nitrogens with one attached hydrogen (secondary N) is 1. The van der Waals surface area contributed by atoms with Crippen LogP contribution in [0.2, 0.25) is 0 Å². The lowest BCUT2D eigenvalue weighted by molar-refractivity contribution is -0.385. The standard InChI is InChI=1S/C21H24N2O5S/c1-3-28-21(25)18-15-8-6-4-5-7-9-17(15)29-20(18)22-19(24)14-11-10-13(2)16(12-14)23(26)27/h10-12H,3-9H2,1-2H3,(H,22,24). The normalized spacial score (nSPS) is 13.7. The highest BCUT2D eigenvalue weighted by Crippen LogP contribution is 2.38. The number of hydrogen-bond donors (Lipinski definition) is 1. The van der Waals surface area contributed by atoms with Gasteiger partial charge in [0.05, 0.1) is 17.1 Å². The highest BCUT2D eigenvalue weighted by molar-refractivity contribution is 7.17. The fourth-order valence-electron chi connectivity index (χ4n) is 3.55. The summed E-state index contributed by atoms with van der Waals surface area (Å²) in [6.07, 6.45) is 5.97. The van der Waals surface area contributed by atoms with Crippen LogP contribution < -0.4 is 5.32 Å². The van der Waals surface area contributed by atoms with Crippen molar-refractivity contribution in [3.63, 3.8) is 0 Å². The molecule has 1 amide bonds. The van der Waals surface area contributed by atoms with Gasteiger partial charge in [0.1, 0.15) is 5.00 Å². The number of ether oxygens (including phenoxy) is 1. The molecule has 0 saturated heterocycles. The van der Waals surface area contributed by atoms with Crippen LogP contribution in [0, 0.1) is 17.0 Å². The van der Waals surface area contributed by atoms with Crippen molar-refractivity contribution in [3.8, 4) is 0 Å². The number of rotatable bonds is 5. The first-order chi connectivity index (χ1) is 13.9. The average Bonchev–Trinajstić information content (AvgIpc) is 2.98. The van der Waals surface area contributed by atoms with E-state index in [1.165, 1.54) is 17.4 Å². The van der Waals surface area contributed by atoms with Crippen molar-refractivity contribution in [1.29, 1.82) is 0 Å². The van der Waals surface area contributed by atoms with Crippen LogP contribution in [0.25, 0.3) is 0 Å². The highest BCUT2D eigenvalue weighted by Gasteiger charge is 2.27. The average molecular weight is 416 g/mol. The minimum Gasteiger partial charge on any atom is -0.462 e. The maximum atomic E-state index is 12.8. The number of nitrogens with zero attached hydrogens (tertiary/aromatic N) is 1. The molecule has 154 valence electrons. The van der Waals surface area contributed by atoms with E-state index in [9.17, 15) is 19.7 Å². The number of benzene rings is 1. The molecule has 8 heteroatoms. The Bertz CT molecular complexity index is 951. The second-order valence-electron chi connectivity index (χ2n) is 7.06. The number of esters is 1. The molecule has 0 aliphatic heterocycles. The van der Waals surface area contributed by atoms with Crippen molar-refractivity contribution in [2.45, 2.75) is 52.4 Å². The third kappa shape index (κ3) is 4.64. The molecule has 0 atom stereocenters. The summed E-state index contributed by atoms with van der Waals surface area (Å²) in [5.74, 6) is -0.913. The van der Waals surface area contributed by atoms with Gasteiger partial charge in [-0.15, -0.1) is 11.3 Å². The maximum Gasteiger partial charge on any atom is 0.341 e. The van der Waals surface area contributed by atoms with Crippen LogP contribution in [-0.4, -0.2) is 23.4 Å². The molecule has 0 fully saturated rings. The third-order valence-electron chi connectivity index (χ3n) is 5.05. The van der Waals surface area contributed by atoms with Gasteiger partial charge in [0, 0.05) is 22.1 Å². The van der Waals surface area contributed by atoms with Gasteiger partial charge >= 0.3 is 5.97 Å². The largest absolute Gasteiger partial charge is 0.462 e. The number of nitro benzene ring substituents is 1. The summed E-state index contributed by atoms with van der Waals surface area (Å²) in [4.78, 5) is 37.2.